The number of rotatable bonds is 7. The molecule has 0 saturated heterocycles. The second-order valence-electron chi connectivity index (χ2n) is 5.20. The van der Waals surface area contributed by atoms with Gasteiger partial charge in [0, 0.05) is 6.54 Å². The number of carbonyl (C=O) groups excluding carboxylic acids is 1. The molecule has 0 bridgehead atoms. The highest BCUT2D eigenvalue weighted by atomic mass is 16.5. The van der Waals surface area contributed by atoms with Crippen LogP contribution in [0, 0.1) is 0 Å². The van der Waals surface area contributed by atoms with Crippen LogP contribution in [0.1, 0.15) is 38.2 Å². The Morgan fingerprint density at radius 3 is 2.81 bits per heavy atom. The van der Waals surface area contributed by atoms with Crippen LogP contribution in [0.15, 0.2) is 12.1 Å². The van der Waals surface area contributed by atoms with E-state index in [0.717, 1.165) is 19.3 Å². The smallest absolute Gasteiger partial charge is 0.265 e. The van der Waals surface area contributed by atoms with E-state index in [-0.39, 0.29) is 19.1 Å². The minimum absolute atomic E-state index is 0.0373. The maximum Gasteiger partial charge on any atom is 0.265 e. The molecule has 0 saturated carbocycles. The zero-order chi connectivity index (χ0) is 15.2. The van der Waals surface area contributed by atoms with Gasteiger partial charge in [-0.1, -0.05) is 26.2 Å². The molecule has 1 aliphatic heterocycles. The summed E-state index contributed by atoms with van der Waals surface area (Å²) in [6.45, 7) is 2.78. The predicted molar refractivity (Wildman–Crippen MR) is 80.9 cm³/mol. The topological polar surface area (TPSA) is 59.0 Å². The zero-order valence-corrected chi connectivity index (χ0v) is 12.7. The molecule has 0 unspecified atom stereocenters. The standard InChI is InChI=1S/C16H23NO4/c1-3-4-5-6-7-17-13-8-12(10-18)9-14(20-2)16(13)21-11-15(17)19/h8-9,18H,3-7,10-11H2,1-2H3. The number of hydrogen-bond acceptors (Lipinski definition) is 4. The van der Waals surface area contributed by atoms with Crippen LogP contribution in [-0.2, 0) is 11.4 Å². The van der Waals surface area contributed by atoms with E-state index in [1.165, 1.54) is 6.42 Å². The van der Waals surface area contributed by atoms with Crippen LogP contribution in [0.3, 0.4) is 0 Å². The molecule has 5 heteroatoms. The van der Waals surface area contributed by atoms with E-state index < -0.39 is 0 Å². The Labute approximate surface area is 125 Å². The Kier molecular flexibility index (Phi) is 5.44. The Hall–Kier alpha value is -1.75. The number of methoxy groups -OCH3 is 1. The zero-order valence-electron chi connectivity index (χ0n) is 12.7. The molecule has 0 radical (unpaired) electrons. The number of benzene rings is 1. The molecule has 0 atom stereocenters. The molecular weight excluding hydrogens is 270 g/mol. The number of carbonyl (C=O) groups is 1. The van der Waals surface area contributed by atoms with E-state index in [2.05, 4.69) is 6.92 Å². The van der Waals surface area contributed by atoms with E-state index in [1.54, 1.807) is 24.1 Å². The van der Waals surface area contributed by atoms with Gasteiger partial charge in [-0.15, -0.1) is 0 Å². The van der Waals surface area contributed by atoms with Gasteiger partial charge in [-0.3, -0.25) is 4.79 Å². The number of anilines is 1. The van der Waals surface area contributed by atoms with Crippen molar-refractivity contribution in [2.45, 2.75) is 39.2 Å². The molecule has 0 aromatic heterocycles. The molecule has 116 valence electrons. The molecule has 1 aromatic rings. The number of aliphatic hydroxyl groups excluding tert-OH is 1. The van der Waals surface area contributed by atoms with Crippen molar-refractivity contribution in [1.82, 2.24) is 0 Å². The van der Waals surface area contributed by atoms with Crippen LogP contribution in [0.2, 0.25) is 0 Å². The normalized spacial score (nSPS) is 13.9. The number of hydrogen-bond donors (Lipinski definition) is 1. The number of aliphatic hydroxyl groups is 1. The molecule has 1 heterocycles. The van der Waals surface area contributed by atoms with Crippen LogP contribution < -0.4 is 14.4 Å². The highest BCUT2D eigenvalue weighted by Crippen LogP contribution is 2.41. The van der Waals surface area contributed by atoms with Gasteiger partial charge in [-0.05, 0) is 24.1 Å². The quantitative estimate of drug-likeness (QED) is 0.785. The van der Waals surface area contributed by atoms with E-state index in [1.807, 2.05) is 0 Å². The third kappa shape index (κ3) is 3.47. The summed E-state index contributed by atoms with van der Waals surface area (Å²) >= 11 is 0. The lowest BCUT2D eigenvalue weighted by Crippen LogP contribution is -2.39. The van der Waals surface area contributed by atoms with Gasteiger partial charge in [0.15, 0.2) is 18.1 Å². The van der Waals surface area contributed by atoms with E-state index in [9.17, 15) is 9.90 Å². The lowest BCUT2D eigenvalue weighted by Gasteiger charge is -2.30. The minimum Gasteiger partial charge on any atom is -0.493 e. The summed E-state index contributed by atoms with van der Waals surface area (Å²) in [4.78, 5) is 13.9. The molecule has 0 fully saturated rings. The molecule has 5 nitrogen and oxygen atoms in total. The van der Waals surface area contributed by atoms with Gasteiger partial charge < -0.3 is 19.5 Å². The van der Waals surface area contributed by atoms with Gasteiger partial charge in [0.25, 0.3) is 5.91 Å². The fourth-order valence-electron chi connectivity index (χ4n) is 2.52. The highest BCUT2D eigenvalue weighted by Gasteiger charge is 2.28. The van der Waals surface area contributed by atoms with Crippen molar-refractivity contribution in [2.24, 2.45) is 0 Å². The summed E-state index contributed by atoms with van der Waals surface area (Å²) in [5.41, 5.74) is 1.41. The summed E-state index contributed by atoms with van der Waals surface area (Å²) in [5, 5.41) is 9.36. The Bertz CT molecular complexity index is 501. The van der Waals surface area contributed by atoms with Crippen LogP contribution >= 0.6 is 0 Å². The van der Waals surface area contributed by atoms with Crippen LogP contribution in [0.4, 0.5) is 5.69 Å². The van der Waals surface area contributed by atoms with Gasteiger partial charge in [0.2, 0.25) is 0 Å². The molecule has 1 amide bonds. The van der Waals surface area contributed by atoms with Gasteiger partial charge in [0.05, 0.1) is 19.4 Å². The van der Waals surface area contributed by atoms with Crippen molar-refractivity contribution in [2.75, 3.05) is 25.2 Å². The molecule has 0 spiro atoms. The number of unbranched alkanes of at least 4 members (excludes halogenated alkanes) is 3. The van der Waals surface area contributed by atoms with E-state index >= 15 is 0 Å². The van der Waals surface area contributed by atoms with Gasteiger partial charge in [0.1, 0.15) is 0 Å². The molecule has 2 rings (SSSR count). The Morgan fingerprint density at radius 1 is 1.33 bits per heavy atom. The first kappa shape index (κ1) is 15.6. The maximum absolute atomic E-state index is 12.1. The minimum atomic E-state index is -0.0957. The molecule has 1 aliphatic rings. The number of nitrogens with zero attached hydrogens (tertiary/aromatic N) is 1. The number of ether oxygens (including phenoxy) is 2. The predicted octanol–water partition coefficient (Wildman–Crippen LogP) is 2.49. The first-order valence-corrected chi connectivity index (χ1v) is 7.46. The molecular formula is C16H23NO4. The fourth-order valence-corrected chi connectivity index (χ4v) is 2.52. The summed E-state index contributed by atoms with van der Waals surface area (Å²) in [6, 6.07) is 3.54. The first-order chi connectivity index (χ1) is 10.2. The van der Waals surface area contributed by atoms with Crippen molar-refractivity contribution < 1.29 is 19.4 Å². The lowest BCUT2D eigenvalue weighted by molar-refractivity contribution is -0.121. The molecule has 1 aromatic carbocycles. The van der Waals surface area contributed by atoms with Crippen LogP contribution in [0.5, 0.6) is 11.5 Å². The summed E-state index contributed by atoms with van der Waals surface area (Å²) in [6.07, 6.45) is 4.40. The number of amides is 1. The number of fused-ring (bicyclic) bond motifs is 1. The van der Waals surface area contributed by atoms with E-state index in [4.69, 9.17) is 9.47 Å². The molecule has 21 heavy (non-hydrogen) atoms. The van der Waals surface area contributed by atoms with Crippen molar-refractivity contribution in [3.63, 3.8) is 0 Å². The highest BCUT2D eigenvalue weighted by molar-refractivity contribution is 5.98. The van der Waals surface area contributed by atoms with E-state index in [0.29, 0.717) is 29.3 Å². The van der Waals surface area contributed by atoms with Crippen molar-refractivity contribution >= 4 is 11.6 Å². The lowest BCUT2D eigenvalue weighted by atomic mass is 10.1. The molecule has 0 aliphatic carbocycles. The van der Waals surface area contributed by atoms with Gasteiger partial charge >= 0.3 is 0 Å². The van der Waals surface area contributed by atoms with Crippen molar-refractivity contribution in [1.29, 1.82) is 0 Å². The van der Waals surface area contributed by atoms with Crippen molar-refractivity contribution in [3.8, 4) is 11.5 Å². The maximum atomic E-state index is 12.1. The fraction of sp³-hybridized carbons (Fsp3) is 0.562. The SMILES string of the molecule is CCCCCCN1C(=O)COc2c(OC)cc(CO)cc21. The van der Waals surface area contributed by atoms with Gasteiger partial charge in [-0.25, -0.2) is 0 Å². The second-order valence-corrected chi connectivity index (χ2v) is 5.20. The monoisotopic (exact) mass is 293 g/mol. The molecule has 1 N–H and O–H groups in total. The first-order valence-electron chi connectivity index (χ1n) is 7.46. The summed E-state index contributed by atoms with van der Waals surface area (Å²) in [5.74, 6) is 1.10. The third-order valence-corrected chi connectivity index (χ3v) is 3.66. The summed E-state index contributed by atoms with van der Waals surface area (Å²) < 4.78 is 10.8. The summed E-state index contributed by atoms with van der Waals surface area (Å²) in [7, 11) is 1.56. The average molecular weight is 293 g/mol. The second kappa shape index (κ2) is 7.31. The van der Waals surface area contributed by atoms with Gasteiger partial charge in [-0.2, -0.15) is 0 Å². The van der Waals surface area contributed by atoms with Crippen LogP contribution in [-0.4, -0.2) is 31.3 Å². The third-order valence-electron chi connectivity index (χ3n) is 3.66. The average Bonchev–Trinajstić information content (AvgIpc) is 2.51. The van der Waals surface area contributed by atoms with Crippen molar-refractivity contribution in [3.05, 3.63) is 17.7 Å². The Balaban J connectivity index is 2.25. The largest absolute Gasteiger partial charge is 0.493 e. The Morgan fingerprint density at radius 2 is 2.14 bits per heavy atom. The van der Waals surface area contributed by atoms with Crippen LogP contribution in [0.25, 0.3) is 0 Å².